The predicted octanol–water partition coefficient (Wildman–Crippen LogP) is 3.48. The number of benzene rings is 2. The van der Waals surface area contributed by atoms with Crippen LogP contribution in [0.1, 0.15) is 21.7 Å². The van der Waals surface area contributed by atoms with E-state index in [0.717, 1.165) is 5.56 Å². The van der Waals surface area contributed by atoms with Crippen LogP contribution >= 0.6 is 11.8 Å². The van der Waals surface area contributed by atoms with Crippen molar-refractivity contribution in [3.05, 3.63) is 71.3 Å². The number of morpholine rings is 1. The molecule has 0 unspecified atom stereocenters. The molecule has 0 aliphatic carbocycles. The highest BCUT2D eigenvalue weighted by Crippen LogP contribution is 2.28. The summed E-state index contributed by atoms with van der Waals surface area (Å²) < 4.78 is 21.3. The molecular weight excluding hydrogens is 391 g/mol. The first kappa shape index (κ1) is 19.6. The molecule has 1 fully saturated rings. The summed E-state index contributed by atoms with van der Waals surface area (Å²) in [5.41, 5.74) is 2.00. The second-order valence-corrected chi connectivity index (χ2v) is 7.61. The van der Waals surface area contributed by atoms with E-state index in [1.807, 2.05) is 29.2 Å². The first-order valence-corrected chi connectivity index (χ1v) is 10.4. The number of hydrogen-bond donors (Lipinski definition) is 0. The zero-order valence-electron chi connectivity index (χ0n) is 16.0. The number of halogens is 1. The van der Waals surface area contributed by atoms with Gasteiger partial charge in [-0.15, -0.1) is 10.2 Å². The maximum absolute atomic E-state index is 14.3. The van der Waals surface area contributed by atoms with Gasteiger partial charge in [0.1, 0.15) is 11.6 Å². The third kappa shape index (κ3) is 4.18. The van der Waals surface area contributed by atoms with E-state index >= 15 is 0 Å². The van der Waals surface area contributed by atoms with Crippen molar-refractivity contribution in [3.63, 3.8) is 0 Å². The minimum absolute atomic E-state index is 0.0104. The summed E-state index contributed by atoms with van der Waals surface area (Å²) >= 11 is 1.43. The molecule has 0 radical (unpaired) electrons. The molecule has 8 heteroatoms. The van der Waals surface area contributed by atoms with Crippen LogP contribution in [0, 0.1) is 12.7 Å². The van der Waals surface area contributed by atoms with Crippen LogP contribution in [-0.2, 0) is 10.5 Å². The highest BCUT2D eigenvalue weighted by atomic mass is 32.2. The van der Waals surface area contributed by atoms with E-state index in [1.165, 1.54) is 17.8 Å². The molecule has 150 valence electrons. The van der Waals surface area contributed by atoms with Crippen molar-refractivity contribution >= 4 is 17.7 Å². The molecule has 2 aromatic carbocycles. The van der Waals surface area contributed by atoms with Gasteiger partial charge >= 0.3 is 0 Å². The third-order valence-corrected chi connectivity index (χ3v) is 5.77. The van der Waals surface area contributed by atoms with Crippen LogP contribution in [-0.4, -0.2) is 51.9 Å². The van der Waals surface area contributed by atoms with Crippen molar-refractivity contribution in [2.75, 3.05) is 26.3 Å². The van der Waals surface area contributed by atoms with Crippen LogP contribution in [0.3, 0.4) is 0 Å². The summed E-state index contributed by atoms with van der Waals surface area (Å²) in [6.45, 7) is 4.11. The zero-order chi connectivity index (χ0) is 20.2. The molecule has 0 atom stereocenters. The summed E-state index contributed by atoms with van der Waals surface area (Å²) in [7, 11) is 0. The van der Waals surface area contributed by atoms with Crippen molar-refractivity contribution in [3.8, 4) is 5.69 Å². The van der Waals surface area contributed by atoms with E-state index in [0.29, 0.717) is 54.3 Å². The van der Waals surface area contributed by atoms with Crippen LogP contribution in [0.25, 0.3) is 5.69 Å². The summed E-state index contributed by atoms with van der Waals surface area (Å²) in [5.74, 6) is 0.811. The molecule has 0 saturated carbocycles. The topological polar surface area (TPSA) is 60.3 Å². The van der Waals surface area contributed by atoms with E-state index in [4.69, 9.17) is 4.74 Å². The molecule has 0 spiro atoms. The Hall–Kier alpha value is -2.71. The Morgan fingerprint density at radius 2 is 1.83 bits per heavy atom. The molecule has 1 aliphatic heterocycles. The summed E-state index contributed by atoms with van der Waals surface area (Å²) in [6.07, 6.45) is 0. The van der Waals surface area contributed by atoms with Gasteiger partial charge in [0.05, 0.1) is 18.9 Å². The predicted molar refractivity (Wildman–Crippen MR) is 109 cm³/mol. The average molecular weight is 412 g/mol. The maximum Gasteiger partial charge on any atom is 0.254 e. The molecule has 1 aliphatic rings. The van der Waals surface area contributed by atoms with Gasteiger partial charge in [-0.2, -0.15) is 0 Å². The first-order chi connectivity index (χ1) is 14.1. The van der Waals surface area contributed by atoms with Crippen LogP contribution in [0.2, 0.25) is 0 Å². The first-order valence-electron chi connectivity index (χ1n) is 9.40. The highest BCUT2D eigenvalue weighted by molar-refractivity contribution is 7.98. The number of amides is 1. The van der Waals surface area contributed by atoms with Gasteiger partial charge in [-0.25, -0.2) is 4.39 Å². The molecule has 1 saturated heterocycles. The quantitative estimate of drug-likeness (QED) is 0.601. The van der Waals surface area contributed by atoms with Gasteiger partial charge in [0.15, 0.2) is 5.16 Å². The molecule has 6 nitrogen and oxygen atoms in total. The SMILES string of the molecule is Cc1nnc(SCc2ccccc2C(=O)N2CCOCC2)n1-c1ccccc1F. The second kappa shape index (κ2) is 8.75. The number of hydrogen-bond acceptors (Lipinski definition) is 5. The fourth-order valence-corrected chi connectivity index (χ4v) is 4.28. The van der Waals surface area contributed by atoms with E-state index in [9.17, 15) is 9.18 Å². The Morgan fingerprint density at radius 1 is 1.10 bits per heavy atom. The van der Waals surface area contributed by atoms with E-state index in [1.54, 1.807) is 29.7 Å². The minimum atomic E-state index is -0.333. The lowest BCUT2D eigenvalue weighted by molar-refractivity contribution is 0.0302. The van der Waals surface area contributed by atoms with Gasteiger partial charge in [0.2, 0.25) is 0 Å². The molecular formula is C21H21FN4O2S. The summed E-state index contributed by atoms with van der Waals surface area (Å²) in [5, 5.41) is 8.91. The molecule has 2 heterocycles. The van der Waals surface area contributed by atoms with E-state index < -0.39 is 0 Å². The molecule has 4 rings (SSSR count). The number of para-hydroxylation sites is 1. The molecule has 1 aromatic heterocycles. The van der Waals surface area contributed by atoms with Gasteiger partial charge in [-0.1, -0.05) is 42.1 Å². The molecule has 0 N–H and O–H groups in total. The van der Waals surface area contributed by atoms with Gasteiger partial charge in [0, 0.05) is 24.4 Å². The fraction of sp³-hybridized carbons (Fsp3) is 0.286. The van der Waals surface area contributed by atoms with Crippen molar-refractivity contribution < 1.29 is 13.9 Å². The molecule has 1 amide bonds. The van der Waals surface area contributed by atoms with Gasteiger partial charge in [0.25, 0.3) is 5.91 Å². The lowest BCUT2D eigenvalue weighted by Gasteiger charge is -2.27. The third-order valence-electron chi connectivity index (χ3n) is 4.79. The van der Waals surface area contributed by atoms with Crippen molar-refractivity contribution in [1.29, 1.82) is 0 Å². The minimum Gasteiger partial charge on any atom is -0.378 e. The Balaban J connectivity index is 1.57. The van der Waals surface area contributed by atoms with Crippen molar-refractivity contribution in [2.24, 2.45) is 0 Å². The normalized spacial score (nSPS) is 14.2. The van der Waals surface area contributed by atoms with Crippen molar-refractivity contribution in [1.82, 2.24) is 19.7 Å². The smallest absolute Gasteiger partial charge is 0.254 e. The van der Waals surface area contributed by atoms with Crippen LogP contribution < -0.4 is 0 Å². The van der Waals surface area contributed by atoms with Gasteiger partial charge in [-0.3, -0.25) is 9.36 Å². The number of nitrogens with zero attached hydrogens (tertiary/aromatic N) is 4. The Labute approximate surface area is 172 Å². The maximum atomic E-state index is 14.3. The Bertz CT molecular complexity index is 1020. The van der Waals surface area contributed by atoms with Gasteiger partial charge in [-0.05, 0) is 30.7 Å². The standard InChI is InChI=1S/C21H21FN4O2S/c1-15-23-24-21(26(15)19-9-5-4-8-18(19)22)29-14-16-6-2-3-7-17(16)20(27)25-10-12-28-13-11-25/h2-9H,10-14H2,1H3. The van der Waals surface area contributed by atoms with E-state index in [2.05, 4.69) is 10.2 Å². The monoisotopic (exact) mass is 412 g/mol. The lowest BCUT2D eigenvalue weighted by atomic mass is 10.1. The Kier molecular flexibility index (Phi) is 5.92. The largest absolute Gasteiger partial charge is 0.378 e. The van der Waals surface area contributed by atoms with Crippen LogP contribution in [0.15, 0.2) is 53.7 Å². The number of aryl methyl sites for hydroxylation is 1. The molecule has 0 bridgehead atoms. The Morgan fingerprint density at radius 3 is 2.62 bits per heavy atom. The number of thioether (sulfide) groups is 1. The number of carbonyl (C=O) groups is 1. The highest BCUT2D eigenvalue weighted by Gasteiger charge is 2.21. The van der Waals surface area contributed by atoms with Crippen molar-refractivity contribution in [2.45, 2.75) is 17.8 Å². The summed E-state index contributed by atoms with van der Waals surface area (Å²) in [6, 6.07) is 14.1. The van der Waals surface area contributed by atoms with E-state index in [-0.39, 0.29) is 11.7 Å². The summed E-state index contributed by atoms with van der Waals surface area (Å²) in [4.78, 5) is 14.8. The fourth-order valence-electron chi connectivity index (χ4n) is 3.28. The number of rotatable bonds is 5. The number of carbonyl (C=O) groups excluding carboxylic acids is 1. The van der Waals surface area contributed by atoms with Crippen LogP contribution in [0.4, 0.5) is 4.39 Å². The number of ether oxygens (including phenoxy) is 1. The van der Waals surface area contributed by atoms with Crippen LogP contribution in [0.5, 0.6) is 0 Å². The molecule has 29 heavy (non-hydrogen) atoms. The second-order valence-electron chi connectivity index (χ2n) is 6.67. The molecule has 3 aromatic rings. The lowest BCUT2D eigenvalue weighted by Crippen LogP contribution is -2.41. The van der Waals surface area contributed by atoms with Gasteiger partial charge < -0.3 is 9.64 Å². The zero-order valence-corrected chi connectivity index (χ0v) is 16.9. The number of aromatic nitrogens is 3. The average Bonchev–Trinajstić information content (AvgIpc) is 3.13.